The second-order valence-electron chi connectivity index (χ2n) is 5.07. The van der Waals surface area contributed by atoms with E-state index in [1.54, 1.807) is 11.0 Å². The van der Waals surface area contributed by atoms with E-state index in [1.807, 2.05) is 55.5 Å². The molecule has 5 nitrogen and oxygen atoms in total. The third kappa shape index (κ3) is 3.32. The highest BCUT2D eigenvalue weighted by molar-refractivity contribution is 5.36. The van der Waals surface area contributed by atoms with Gasteiger partial charge in [-0.2, -0.15) is 5.10 Å². The number of hydrogen-bond donors (Lipinski definition) is 1. The molecule has 0 saturated carbocycles. The lowest BCUT2D eigenvalue weighted by molar-refractivity contribution is 0.108. The number of rotatable bonds is 5. The Hall–Kier alpha value is -2.66. The van der Waals surface area contributed by atoms with Crippen molar-refractivity contribution in [1.82, 2.24) is 14.8 Å². The highest BCUT2D eigenvalue weighted by Crippen LogP contribution is 2.18. The van der Waals surface area contributed by atoms with Crippen LogP contribution in [0.25, 0.3) is 5.69 Å². The van der Waals surface area contributed by atoms with Crippen molar-refractivity contribution in [3.63, 3.8) is 0 Å². The van der Waals surface area contributed by atoms with Gasteiger partial charge in [-0.05, 0) is 36.8 Å². The molecule has 0 amide bonds. The molecule has 0 saturated heterocycles. The third-order valence-corrected chi connectivity index (χ3v) is 3.39. The summed E-state index contributed by atoms with van der Waals surface area (Å²) in [6.07, 6.45) is 2.48. The van der Waals surface area contributed by atoms with E-state index in [0.29, 0.717) is 5.75 Å². The highest BCUT2D eigenvalue weighted by Gasteiger charge is 2.08. The second kappa shape index (κ2) is 6.41. The molecule has 1 N–H and O–H groups in total. The minimum absolute atomic E-state index is 0.214. The lowest BCUT2D eigenvalue weighted by Gasteiger charge is -2.13. The fourth-order valence-corrected chi connectivity index (χ4v) is 2.10. The van der Waals surface area contributed by atoms with Gasteiger partial charge in [-0.3, -0.25) is 0 Å². The average molecular weight is 295 g/mol. The van der Waals surface area contributed by atoms with Crippen molar-refractivity contribution in [2.24, 2.45) is 0 Å². The largest absolute Gasteiger partial charge is 0.491 e. The molecule has 0 aliphatic carbocycles. The molecule has 3 aromatic rings. The molecule has 2 aromatic carbocycles. The molecule has 3 rings (SSSR count). The van der Waals surface area contributed by atoms with Gasteiger partial charge in [0, 0.05) is 0 Å². The Balaban J connectivity index is 1.60. The molecular weight excluding hydrogens is 278 g/mol. The lowest BCUT2D eigenvalue weighted by Crippen LogP contribution is -2.09. The van der Waals surface area contributed by atoms with E-state index in [-0.39, 0.29) is 6.61 Å². The Kier molecular flexibility index (Phi) is 4.16. The van der Waals surface area contributed by atoms with E-state index in [0.717, 1.165) is 11.3 Å². The van der Waals surface area contributed by atoms with E-state index >= 15 is 0 Å². The van der Waals surface area contributed by atoms with Crippen LogP contribution in [0.4, 0.5) is 0 Å². The first kappa shape index (κ1) is 14.3. The number of nitrogens with zero attached hydrogens (tertiary/aromatic N) is 3. The van der Waals surface area contributed by atoms with Gasteiger partial charge in [0.2, 0.25) is 0 Å². The van der Waals surface area contributed by atoms with Gasteiger partial charge >= 0.3 is 0 Å². The van der Waals surface area contributed by atoms with Gasteiger partial charge in [0.05, 0.1) is 5.69 Å². The number of benzene rings is 2. The molecule has 5 heteroatoms. The first-order chi connectivity index (χ1) is 10.7. The zero-order chi connectivity index (χ0) is 15.4. The molecule has 0 bridgehead atoms. The molecule has 112 valence electrons. The van der Waals surface area contributed by atoms with Crippen molar-refractivity contribution in [2.45, 2.75) is 13.0 Å². The van der Waals surface area contributed by atoms with Crippen molar-refractivity contribution < 1.29 is 9.84 Å². The Labute approximate surface area is 128 Å². The minimum atomic E-state index is -0.643. The van der Waals surface area contributed by atoms with Gasteiger partial charge in [-0.1, -0.05) is 29.8 Å². The van der Waals surface area contributed by atoms with Crippen LogP contribution in [0.1, 0.15) is 17.2 Å². The van der Waals surface area contributed by atoms with Crippen LogP contribution < -0.4 is 4.74 Å². The lowest BCUT2D eigenvalue weighted by atomic mass is 10.1. The Bertz CT molecular complexity index is 707. The molecule has 1 atom stereocenters. The predicted molar refractivity (Wildman–Crippen MR) is 83.0 cm³/mol. The maximum atomic E-state index is 10.1. The maximum Gasteiger partial charge on any atom is 0.138 e. The molecule has 0 radical (unpaired) electrons. The van der Waals surface area contributed by atoms with Crippen LogP contribution in [0.2, 0.25) is 0 Å². The quantitative estimate of drug-likeness (QED) is 0.786. The number of ether oxygens (including phenoxy) is 1. The van der Waals surface area contributed by atoms with E-state index in [1.165, 1.54) is 11.9 Å². The number of aliphatic hydroxyl groups excluding tert-OH is 1. The number of hydrogen-bond acceptors (Lipinski definition) is 4. The summed E-state index contributed by atoms with van der Waals surface area (Å²) in [5.74, 6) is 0.704. The summed E-state index contributed by atoms with van der Waals surface area (Å²) in [4.78, 5) is 3.91. The average Bonchev–Trinajstić information content (AvgIpc) is 3.08. The fourth-order valence-electron chi connectivity index (χ4n) is 2.10. The Morgan fingerprint density at radius 3 is 2.45 bits per heavy atom. The molecule has 0 fully saturated rings. The van der Waals surface area contributed by atoms with Crippen molar-refractivity contribution in [1.29, 1.82) is 0 Å². The summed E-state index contributed by atoms with van der Waals surface area (Å²) in [6.45, 7) is 2.23. The van der Waals surface area contributed by atoms with Crippen LogP contribution in [0.3, 0.4) is 0 Å². The summed E-state index contributed by atoms with van der Waals surface area (Å²) in [7, 11) is 0. The SMILES string of the molecule is Cc1ccc(C(O)COc2ccc(-n3cncn3)cc2)cc1. The van der Waals surface area contributed by atoms with Gasteiger partial charge in [0.15, 0.2) is 0 Å². The van der Waals surface area contributed by atoms with E-state index in [4.69, 9.17) is 4.74 Å². The highest BCUT2D eigenvalue weighted by atomic mass is 16.5. The topological polar surface area (TPSA) is 60.2 Å². The first-order valence-electron chi connectivity index (χ1n) is 7.05. The standard InChI is InChI=1S/C17H17N3O2/c1-13-2-4-14(5-3-13)17(21)10-22-16-8-6-15(7-9-16)20-12-18-11-19-20/h2-9,11-12,17,21H,10H2,1H3. The second-order valence-corrected chi connectivity index (χ2v) is 5.07. The third-order valence-electron chi connectivity index (χ3n) is 3.39. The molecule has 0 spiro atoms. The molecule has 0 aliphatic rings. The van der Waals surface area contributed by atoms with Crippen LogP contribution in [0.15, 0.2) is 61.2 Å². The summed E-state index contributed by atoms with van der Waals surface area (Å²) >= 11 is 0. The summed E-state index contributed by atoms with van der Waals surface area (Å²) in [5.41, 5.74) is 2.93. The number of aryl methyl sites for hydroxylation is 1. The van der Waals surface area contributed by atoms with Crippen molar-refractivity contribution in [3.8, 4) is 11.4 Å². The van der Waals surface area contributed by atoms with Gasteiger partial charge in [-0.15, -0.1) is 0 Å². The van der Waals surface area contributed by atoms with Crippen LogP contribution in [-0.2, 0) is 0 Å². The summed E-state index contributed by atoms with van der Waals surface area (Å²) in [5, 5.41) is 14.2. The minimum Gasteiger partial charge on any atom is -0.491 e. The van der Waals surface area contributed by atoms with Gasteiger partial charge < -0.3 is 9.84 Å². The van der Waals surface area contributed by atoms with Crippen molar-refractivity contribution >= 4 is 0 Å². The normalized spacial score (nSPS) is 12.1. The van der Waals surface area contributed by atoms with E-state index in [2.05, 4.69) is 10.1 Å². The summed E-state index contributed by atoms with van der Waals surface area (Å²) < 4.78 is 7.30. The van der Waals surface area contributed by atoms with E-state index < -0.39 is 6.10 Å². The number of aromatic nitrogens is 3. The molecule has 22 heavy (non-hydrogen) atoms. The van der Waals surface area contributed by atoms with Crippen LogP contribution in [0, 0.1) is 6.92 Å². The van der Waals surface area contributed by atoms with E-state index in [9.17, 15) is 5.11 Å². The molecule has 1 heterocycles. The Morgan fingerprint density at radius 2 is 1.82 bits per heavy atom. The predicted octanol–water partition coefficient (Wildman–Crippen LogP) is 2.69. The van der Waals surface area contributed by atoms with Gasteiger partial charge in [0.1, 0.15) is 31.1 Å². The molecule has 1 unspecified atom stereocenters. The van der Waals surface area contributed by atoms with Crippen LogP contribution in [-0.4, -0.2) is 26.5 Å². The zero-order valence-corrected chi connectivity index (χ0v) is 12.3. The fraction of sp³-hybridized carbons (Fsp3) is 0.176. The maximum absolute atomic E-state index is 10.1. The zero-order valence-electron chi connectivity index (χ0n) is 12.3. The van der Waals surface area contributed by atoms with Crippen molar-refractivity contribution in [2.75, 3.05) is 6.61 Å². The van der Waals surface area contributed by atoms with Gasteiger partial charge in [-0.25, -0.2) is 9.67 Å². The summed E-state index contributed by atoms with van der Waals surface area (Å²) in [6, 6.07) is 15.3. The van der Waals surface area contributed by atoms with Crippen molar-refractivity contribution in [3.05, 3.63) is 72.3 Å². The molecular formula is C17H17N3O2. The first-order valence-corrected chi connectivity index (χ1v) is 7.05. The Morgan fingerprint density at radius 1 is 1.09 bits per heavy atom. The van der Waals surface area contributed by atoms with Crippen LogP contribution >= 0.6 is 0 Å². The van der Waals surface area contributed by atoms with Crippen LogP contribution in [0.5, 0.6) is 5.75 Å². The monoisotopic (exact) mass is 295 g/mol. The smallest absolute Gasteiger partial charge is 0.138 e. The molecule has 0 aliphatic heterocycles. The van der Waals surface area contributed by atoms with Gasteiger partial charge in [0.25, 0.3) is 0 Å². The number of aliphatic hydroxyl groups is 1. The molecule has 1 aromatic heterocycles.